The van der Waals surface area contributed by atoms with E-state index >= 15 is 0 Å². The van der Waals surface area contributed by atoms with Gasteiger partial charge in [-0.3, -0.25) is 0 Å². The van der Waals surface area contributed by atoms with Gasteiger partial charge in [-0.15, -0.1) is 5.10 Å². The topological polar surface area (TPSA) is 120 Å². The molecule has 3 aliphatic heterocycles. The van der Waals surface area contributed by atoms with Crippen molar-refractivity contribution in [3.8, 4) is 11.5 Å². The summed E-state index contributed by atoms with van der Waals surface area (Å²) >= 11 is 0. The fourth-order valence-corrected chi connectivity index (χ4v) is 4.22. The second-order valence-corrected chi connectivity index (χ2v) is 8.53. The Morgan fingerprint density at radius 3 is 2.03 bits per heavy atom. The third-order valence-corrected chi connectivity index (χ3v) is 6.11. The van der Waals surface area contributed by atoms with Crippen LogP contribution in [0, 0.1) is 0 Å². The van der Waals surface area contributed by atoms with Crippen molar-refractivity contribution in [3.63, 3.8) is 0 Å². The summed E-state index contributed by atoms with van der Waals surface area (Å²) in [7, 11) is 0. The normalized spacial score (nSPS) is 19.2. The smallest absolute Gasteiger partial charge is 0.328 e. The highest BCUT2D eigenvalue weighted by Crippen LogP contribution is 2.28. The standard InChI is InChI=1S/C23H24N4O.C4H4O4/c1-2-4-18(5-3-1)6-7-19-8-10-20(11-9-19)22-24-25-23(28-22)27-17-16-26-14-12-21(27)13-15-26;5-3(6)1-2-4(7)8/h1-11,21H,12-17H2;1-2H,(H,5,6)(H,7,8)/b7-6-;2-1+. The summed E-state index contributed by atoms with van der Waals surface area (Å²) in [5.74, 6) is -1.92. The van der Waals surface area contributed by atoms with Crippen molar-refractivity contribution < 1.29 is 24.2 Å². The third-order valence-electron chi connectivity index (χ3n) is 6.11. The zero-order valence-electron chi connectivity index (χ0n) is 19.7. The summed E-state index contributed by atoms with van der Waals surface area (Å²) in [4.78, 5) is 23.9. The first-order chi connectivity index (χ1) is 17.5. The minimum absolute atomic E-state index is 0.526. The zero-order valence-corrected chi connectivity index (χ0v) is 19.7. The number of rotatable bonds is 6. The molecule has 3 aliphatic rings. The van der Waals surface area contributed by atoms with Crippen LogP contribution in [-0.2, 0) is 9.59 Å². The first-order valence-electron chi connectivity index (χ1n) is 11.8. The molecule has 2 aromatic carbocycles. The van der Waals surface area contributed by atoms with Gasteiger partial charge in [0.25, 0.3) is 0 Å². The molecule has 36 heavy (non-hydrogen) atoms. The molecule has 6 rings (SSSR count). The number of carboxylic acid groups (broad SMARTS) is 2. The molecule has 0 aliphatic carbocycles. The predicted octanol–water partition coefficient (Wildman–Crippen LogP) is 3.90. The van der Waals surface area contributed by atoms with Crippen LogP contribution in [0.3, 0.4) is 0 Å². The van der Waals surface area contributed by atoms with Crippen molar-refractivity contribution in [2.24, 2.45) is 0 Å². The number of hydrogen-bond donors (Lipinski definition) is 2. The van der Waals surface area contributed by atoms with Gasteiger partial charge in [-0.25, -0.2) is 9.59 Å². The number of carbonyl (C=O) groups is 2. The number of fused-ring (bicyclic) bond motifs is 4. The Bertz CT molecular complexity index is 1200. The highest BCUT2D eigenvalue weighted by atomic mass is 16.4. The summed E-state index contributed by atoms with van der Waals surface area (Å²) in [5.41, 5.74) is 3.29. The lowest BCUT2D eigenvalue weighted by molar-refractivity contribution is -0.134. The van der Waals surface area contributed by atoms with E-state index < -0.39 is 11.9 Å². The lowest BCUT2D eigenvalue weighted by Gasteiger charge is -2.29. The van der Waals surface area contributed by atoms with Crippen LogP contribution < -0.4 is 4.90 Å². The van der Waals surface area contributed by atoms with E-state index in [1.54, 1.807) is 0 Å². The van der Waals surface area contributed by atoms with Gasteiger partial charge in [-0.1, -0.05) is 59.7 Å². The number of carboxylic acids is 2. The molecular weight excluding hydrogens is 460 g/mol. The molecule has 3 fully saturated rings. The van der Waals surface area contributed by atoms with E-state index in [0.717, 1.165) is 24.2 Å². The average molecular weight is 489 g/mol. The number of benzene rings is 2. The fourth-order valence-electron chi connectivity index (χ4n) is 4.22. The van der Waals surface area contributed by atoms with Gasteiger partial charge in [0.2, 0.25) is 5.89 Å². The lowest BCUT2D eigenvalue weighted by Crippen LogP contribution is -2.38. The summed E-state index contributed by atoms with van der Waals surface area (Å²) in [6.07, 6.45) is 7.70. The molecule has 9 nitrogen and oxygen atoms in total. The van der Waals surface area contributed by atoms with E-state index in [1.165, 1.54) is 31.5 Å². The molecule has 186 valence electrons. The summed E-state index contributed by atoms with van der Waals surface area (Å²) in [5, 5.41) is 24.3. The maximum atomic E-state index is 9.55. The minimum Gasteiger partial charge on any atom is -0.478 e. The van der Waals surface area contributed by atoms with Gasteiger partial charge in [-0.05, 0) is 36.1 Å². The summed E-state index contributed by atoms with van der Waals surface area (Å²) < 4.78 is 6.05. The van der Waals surface area contributed by atoms with Gasteiger partial charge >= 0.3 is 18.0 Å². The number of aromatic nitrogens is 2. The molecule has 2 N–H and O–H groups in total. The minimum atomic E-state index is -1.26. The van der Waals surface area contributed by atoms with Crippen molar-refractivity contribution in [2.45, 2.75) is 18.9 Å². The van der Waals surface area contributed by atoms with E-state index in [0.29, 0.717) is 30.1 Å². The van der Waals surface area contributed by atoms with E-state index in [-0.39, 0.29) is 0 Å². The fraction of sp³-hybridized carbons (Fsp3) is 0.259. The zero-order chi connectivity index (χ0) is 25.3. The van der Waals surface area contributed by atoms with Crippen LogP contribution in [0.15, 0.2) is 71.2 Å². The van der Waals surface area contributed by atoms with Crippen LogP contribution in [0.1, 0.15) is 24.0 Å². The molecule has 4 heterocycles. The third kappa shape index (κ3) is 6.89. The first kappa shape index (κ1) is 24.9. The van der Waals surface area contributed by atoms with Crippen molar-refractivity contribution in [3.05, 3.63) is 77.9 Å². The monoisotopic (exact) mass is 488 g/mol. The van der Waals surface area contributed by atoms with Crippen molar-refractivity contribution in [1.29, 1.82) is 0 Å². The molecule has 3 aromatic rings. The average Bonchev–Trinajstić information content (AvgIpc) is 3.19. The van der Waals surface area contributed by atoms with E-state index in [4.69, 9.17) is 14.6 Å². The van der Waals surface area contributed by atoms with Gasteiger partial charge in [-0.2, -0.15) is 0 Å². The van der Waals surface area contributed by atoms with E-state index in [1.807, 2.05) is 30.3 Å². The molecule has 9 heteroatoms. The first-order valence-corrected chi connectivity index (χ1v) is 11.8. The van der Waals surface area contributed by atoms with Crippen LogP contribution in [0.4, 0.5) is 6.01 Å². The van der Waals surface area contributed by atoms with E-state index in [2.05, 4.69) is 56.4 Å². The highest BCUT2D eigenvalue weighted by Gasteiger charge is 2.31. The maximum absolute atomic E-state index is 9.55. The van der Waals surface area contributed by atoms with Gasteiger partial charge in [0.15, 0.2) is 0 Å². The molecule has 0 saturated carbocycles. The number of hydrogen-bond acceptors (Lipinski definition) is 7. The van der Waals surface area contributed by atoms with Crippen LogP contribution >= 0.6 is 0 Å². The van der Waals surface area contributed by atoms with Gasteiger partial charge < -0.3 is 24.4 Å². The number of piperidine rings is 1. The Balaban J connectivity index is 0.000000331. The van der Waals surface area contributed by atoms with Gasteiger partial charge in [0.05, 0.1) is 0 Å². The van der Waals surface area contributed by atoms with E-state index in [9.17, 15) is 9.59 Å². The number of anilines is 1. The van der Waals surface area contributed by atoms with Crippen LogP contribution in [0.25, 0.3) is 23.6 Å². The van der Waals surface area contributed by atoms with Crippen LogP contribution in [0.2, 0.25) is 0 Å². The molecular formula is C27H28N4O5. The molecule has 0 atom stereocenters. The highest BCUT2D eigenvalue weighted by molar-refractivity contribution is 5.89. The van der Waals surface area contributed by atoms with Crippen LogP contribution in [0.5, 0.6) is 0 Å². The number of nitrogens with zero attached hydrogens (tertiary/aromatic N) is 4. The Morgan fingerprint density at radius 1 is 0.806 bits per heavy atom. The molecule has 1 aromatic heterocycles. The summed E-state index contributed by atoms with van der Waals surface area (Å²) in [6.45, 7) is 4.41. The Labute approximate surface area is 209 Å². The second-order valence-electron chi connectivity index (χ2n) is 8.53. The van der Waals surface area contributed by atoms with Gasteiger partial charge in [0, 0.05) is 49.9 Å². The second kappa shape index (κ2) is 11.9. The maximum Gasteiger partial charge on any atom is 0.328 e. The lowest BCUT2D eigenvalue weighted by atomic mass is 10.1. The van der Waals surface area contributed by atoms with Crippen molar-refractivity contribution >= 4 is 30.1 Å². The number of aliphatic carboxylic acids is 2. The Morgan fingerprint density at radius 2 is 1.42 bits per heavy atom. The predicted molar refractivity (Wildman–Crippen MR) is 136 cm³/mol. The largest absolute Gasteiger partial charge is 0.478 e. The molecule has 3 saturated heterocycles. The SMILES string of the molecule is C(=C/c1ccc(-c2nnc(N3CCN4CCC3CC4)o2)cc1)/c1ccccc1.O=C(O)/C=C/C(=O)O. The molecule has 0 spiro atoms. The van der Waals surface area contributed by atoms with Gasteiger partial charge in [0.1, 0.15) is 0 Å². The van der Waals surface area contributed by atoms with Crippen LogP contribution in [-0.4, -0.2) is 69.5 Å². The molecule has 2 bridgehead atoms. The Kier molecular flexibility index (Phi) is 8.25. The van der Waals surface area contributed by atoms with Crippen molar-refractivity contribution in [1.82, 2.24) is 15.1 Å². The molecule has 0 radical (unpaired) electrons. The quantitative estimate of drug-likeness (QED) is 0.393. The Hall–Kier alpha value is -4.24. The molecule has 0 amide bonds. The van der Waals surface area contributed by atoms with Crippen molar-refractivity contribution in [2.75, 3.05) is 31.1 Å². The summed E-state index contributed by atoms with van der Waals surface area (Å²) in [6, 6.07) is 19.7. The molecule has 0 unspecified atom stereocenters.